The largest absolute Gasteiger partial charge is 0.479 e. The second-order valence-electron chi connectivity index (χ2n) is 3.84. The van der Waals surface area contributed by atoms with Gasteiger partial charge in [-0.2, -0.15) is 0 Å². The molecule has 1 aliphatic heterocycles. The lowest BCUT2D eigenvalue weighted by atomic mass is 9.96. The molecule has 0 aromatic carbocycles. The quantitative estimate of drug-likeness (QED) is 0.472. The summed E-state index contributed by atoms with van der Waals surface area (Å²) in [6.07, 6.45) is -1.72. The molecule has 0 unspecified atom stereocenters. The molecular weight excluding hydrogens is 296 g/mol. The number of aliphatic hydroxyl groups is 1. The maximum atomic E-state index is 11.4. The number of carbonyl (C=O) groups is 3. The fraction of sp³-hybridized carbons (Fsp3) is 0.700. The third-order valence-electron chi connectivity index (χ3n) is 2.23. The molecule has 0 aromatic rings. The first-order chi connectivity index (χ1) is 9.44. The first-order valence-electron chi connectivity index (χ1n) is 5.62. The molecular formula is C10H14O9S. The number of hydrogen-bond acceptors (Lipinski definition) is 9. The molecule has 0 radical (unpaired) electrons. The predicted octanol–water partition coefficient (Wildman–Crippen LogP) is -0.721. The van der Waals surface area contributed by atoms with Crippen LogP contribution in [0.15, 0.2) is 0 Å². The minimum Gasteiger partial charge on any atom is -0.479 e. The Morgan fingerprint density at radius 1 is 1.00 bits per heavy atom. The minimum absolute atomic E-state index is 0.0295. The molecule has 0 atom stereocenters. The maximum Gasteiger partial charge on any atom is 0.336 e. The summed E-state index contributed by atoms with van der Waals surface area (Å²) in [7, 11) is 0. The Morgan fingerprint density at radius 2 is 1.45 bits per heavy atom. The molecule has 0 aliphatic carbocycles. The molecule has 0 bridgehead atoms. The summed E-state index contributed by atoms with van der Waals surface area (Å²) in [5.74, 6) is -3.63. The summed E-state index contributed by atoms with van der Waals surface area (Å²) in [5, 5.41) is 18.8. The van der Waals surface area contributed by atoms with Gasteiger partial charge in [-0.3, -0.25) is 18.0 Å². The van der Waals surface area contributed by atoms with Gasteiger partial charge in [-0.05, 0) is 0 Å². The Bertz CT molecular complexity index is 346. The molecule has 1 heterocycles. The number of rotatable bonds is 1. The first-order valence-corrected chi connectivity index (χ1v) is 6.29. The number of carboxylic acid groups (broad SMARTS) is 1. The van der Waals surface area contributed by atoms with Crippen LogP contribution in [0, 0.1) is 0 Å². The lowest BCUT2D eigenvalue weighted by molar-refractivity contribution is -0.173. The van der Waals surface area contributed by atoms with Gasteiger partial charge < -0.3 is 19.7 Å². The van der Waals surface area contributed by atoms with Gasteiger partial charge in [0.2, 0.25) is 0 Å². The normalized spacial score (nSPS) is 22.2. The number of aliphatic carboxylic acids is 1. The van der Waals surface area contributed by atoms with E-state index in [1.807, 2.05) is 0 Å². The van der Waals surface area contributed by atoms with E-state index in [0.29, 0.717) is 12.3 Å². The van der Waals surface area contributed by atoms with E-state index < -0.39 is 36.4 Å². The lowest BCUT2D eigenvalue weighted by Gasteiger charge is -2.21. The van der Waals surface area contributed by atoms with E-state index in [2.05, 4.69) is 9.47 Å². The van der Waals surface area contributed by atoms with Crippen LogP contribution in [-0.2, 0) is 32.2 Å². The molecule has 2 N–H and O–H groups in total. The molecule has 1 aliphatic rings. The summed E-state index contributed by atoms with van der Waals surface area (Å²) < 4.78 is 19.0. The van der Waals surface area contributed by atoms with Crippen LogP contribution in [0.3, 0.4) is 0 Å². The van der Waals surface area contributed by atoms with Crippen molar-refractivity contribution in [2.45, 2.75) is 18.4 Å². The van der Waals surface area contributed by atoms with Crippen molar-refractivity contribution in [3.05, 3.63) is 0 Å². The van der Waals surface area contributed by atoms with E-state index in [1.54, 1.807) is 0 Å². The Morgan fingerprint density at radius 3 is 1.85 bits per heavy atom. The van der Waals surface area contributed by atoms with Gasteiger partial charge >= 0.3 is 17.9 Å². The Balaban J connectivity index is 2.69. The smallest absolute Gasteiger partial charge is 0.336 e. The van der Waals surface area contributed by atoms with Crippen LogP contribution in [0.5, 0.6) is 0 Å². The highest BCUT2D eigenvalue weighted by atomic mass is 32.2. The van der Waals surface area contributed by atoms with Crippen molar-refractivity contribution in [1.82, 2.24) is 0 Å². The van der Waals surface area contributed by atoms with Crippen LogP contribution in [0.1, 0.15) is 12.8 Å². The second kappa shape index (κ2) is 8.04. The Labute approximate surface area is 118 Å². The van der Waals surface area contributed by atoms with Crippen molar-refractivity contribution in [3.8, 4) is 0 Å². The van der Waals surface area contributed by atoms with Gasteiger partial charge in [0.25, 0.3) is 0 Å². The zero-order chi connectivity index (χ0) is 15.0. The lowest BCUT2D eigenvalue weighted by Crippen LogP contribution is -2.43. The van der Waals surface area contributed by atoms with Crippen LogP contribution in [-0.4, -0.2) is 60.1 Å². The zero-order valence-corrected chi connectivity index (χ0v) is 11.2. The number of ether oxygens (including phenoxy) is 2. The number of carbonyl (C=O) groups excluding carboxylic acids is 2. The Kier molecular flexibility index (Phi) is 6.71. The van der Waals surface area contributed by atoms with E-state index in [1.165, 1.54) is 0 Å². The highest BCUT2D eigenvalue weighted by Crippen LogP contribution is 2.18. The van der Waals surface area contributed by atoms with Gasteiger partial charge in [-0.25, -0.2) is 4.79 Å². The summed E-state index contributed by atoms with van der Waals surface area (Å²) in [5.41, 5.74) is -2.56. The minimum atomic E-state index is -2.56. The summed E-state index contributed by atoms with van der Waals surface area (Å²) in [4.78, 5) is 33.8. The van der Waals surface area contributed by atoms with Crippen LogP contribution >= 0.6 is 12.3 Å². The van der Waals surface area contributed by atoms with Crippen molar-refractivity contribution < 1.29 is 42.4 Å². The van der Waals surface area contributed by atoms with Crippen LogP contribution in [0.2, 0.25) is 0 Å². The van der Waals surface area contributed by atoms with E-state index in [0.717, 1.165) is 0 Å². The second-order valence-corrected chi connectivity index (χ2v) is 4.45. The maximum absolute atomic E-state index is 11.4. The molecule has 0 amide bonds. The molecule has 0 spiro atoms. The van der Waals surface area contributed by atoms with Crippen molar-refractivity contribution in [2.75, 3.05) is 26.4 Å². The molecule has 1 saturated heterocycles. The fourth-order valence-electron chi connectivity index (χ4n) is 1.27. The molecule has 10 heteroatoms. The molecule has 1 fully saturated rings. The third kappa shape index (κ3) is 5.74. The molecule has 1 rings (SSSR count). The number of carboxylic acids is 1. The van der Waals surface area contributed by atoms with Gasteiger partial charge in [-0.15, -0.1) is 0 Å². The van der Waals surface area contributed by atoms with Gasteiger partial charge in [0.05, 0.1) is 26.1 Å². The monoisotopic (exact) mass is 310 g/mol. The van der Waals surface area contributed by atoms with Crippen molar-refractivity contribution in [3.63, 3.8) is 0 Å². The molecule has 0 saturated carbocycles. The zero-order valence-electron chi connectivity index (χ0n) is 10.4. The SMILES string of the molecule is O=C1CC(O)(C(=O)O)CC(=O)OCCOSOCCO1. The highest BCUT2D eigenvalue weighted by Gasteiger charge is 2.42. The van der Waals surface area contributed by atoms with E-state index in [4.69, 9.17) is 13.5 Å². The van der Waals surface area contributed by atoms with Gasteiger partial charge in [-0.1, -0.05) is 0 Å². The van der Waals surface area contributed by atoms with Crippen molar-refractivity contribution >= 4 is 30.2 Å². The predicted molar refractivity (Wildman–Crippen MR) is 63.2 cm³/mol. The van der Waals surface area contributed by atoms with Crippen LogP contribution < -0.4 is 0 Å². The average Bonchev–Trinajstić information content (AvgIpc) is 2.35. The van der Waals surface area contributed by atoms with E-state index in [-0.39, 0.29) is 26.4 Å². The van der Waals surface area contributed by atoms with E-state index >= 15 is 0 Å². The standard InChI is InChI=1S/C10H14O9S/c11-7-5-10(15,9(13)14)6-8(12)17-2-4-19-20-18-3-1-16-7/h15H,1-6H2,(H,13,14). The first kappa shape index (κ1) is 16.7. The van der Waals surface area contributed by atoms with Crippen molar-refractivity contribution in [1.29, 1.82) is 0 Å². The number of esters is 2. The summed E-state index contributed by atoms with van der Waals surface area (Å²) in [6.45, 7) is -0.200. The number of hydrogen-bond donors (Lipinski definition) is 2. The molecule has 20 heavy (non-hydrogen) atoms. The van der Waals surface area contributed by atoms with Crippen molar-refractivity contribution in [2.24, 2.45) is 0 Å². The van der Waals surface area contributed by atoms with E-state index in [9.17, 15) is 19.5 Å². The highest BCUT2D eigenvalue weighted by molar-refractivity contribution is 7.89. The Hall–Kier alpha value is -1.36. The fourth-order valence-corrected chi connectivity index (χ4v) is 1.61. The topological polar surface area (TPSA) is 129 Å². The molecule has 9 nitrogen and oxygen atoms in total. The van der Waals surface area contributed by atoms with Crippen LogP contribution in [0.4, 0.5) is 0 Å². The third-order valence-corrected chi connectivity index (χ3v) is 2.75. The van der Waals surface area contributed by atoms with Gasteiger partial charge in [0, 0.05) is 0 Å². The van der Waals surface area contributed by atoms with Gasteiger partial charge in [0.1, 0.15) is 13.2 Å². The van der Waals surface area contributed by atoms with Crippen LogP contribution in [0.25, 0.3) is 0 Å². The number of cyclic esters (lactones) is 2. The average molecular weight is 310 g/mol. The molecule has 0 aromatic heterocycles. The summed E-state index contributed by atoms with van der Waals surface area (Å²) in [6, 6.07) is 0. The molecule has 114 valence electrons. The summed E-state index contributed by atoms with van der Waals surface area (Å²) >= 11 is 0.661. The van der Waals surface area contributed by atoms with Gasteiger partial charge in [0.15, 0.2) is 17.9 Å².